The molecule has 40 heavy (non-hydrogen) atoms. The number of ether oxygens (including phenoxy) is 2. The number of esters is 2. The standard InChI is InChI=1S/C35H65NO4/c1-5-7-8-9-10-11-12-13-14-15-16-17-18-19-20-21-24-28-33(40-35(38)31-27-32-36(3)4)29-25-22-23-26-30-34(37)39-6-2/h10-11,13-14,33H,5-9,12,15-32H2,1-4H3. The Hall–Kier alpha value is -1.62. The molecule has 0 aliphatic rings. The average molecular weight is 564 g/mol. The van der Waals surface area contributed by atoms with E-state index >= 15 is 0 Å². The van der Waals surface area contributed by atoms with Gasteiger partial charge in [-0.15, -0.1) is 0 Å². The molecule has 0 aliphatic heterocycles. The highest BCUT2D eigenvalue weighted by molar-refractivity contribution is 5.69. The highest BCUT2D eigenvalue weighted by atomic mass is 16.5. The fourth-order valence-corrected chi connectivity index (χ4v) is 4.81. The second kappa shape index (κ2) is 30.3. The summed E-state index contributed by atoms with van der Waals surface area (Å²) in [6.45, 7) is 5.46. The van der Waals surface area contributed by atoms with Gasteiger partial charge in [0.25, 0.3) is 0 Å². The number of unbranched alkanes of at least 4 members (excludes halogenated alkanes) is 13. The zero-order chi connectivity index (χ0) is 29.5. The lowest BCUT2D eigenvalue weighted by molar-refractivity contribution is -0.150. The van der Waals surface area contributed by atoms with Gasteiger partial charge in [0, 0.05) is 12.8 Å². The summed E-state index contributed by atoms with van der Waals surface area (Å²) in [5.41, 5.74) is 0. The summed E-state index contributed by atoms with van der Waals surface area (Å²) in [5.74, 6) is -0.147. The van der Waals surface area contributed by atoms with Crippen LogP contribution >= 0.6 is 0 Å². The summed E-state index contributed by atoms with van der Waals surface area (Å²) in [7, 11) is 4.06. The second-order valence-electron chi connectivity index (χ2n) is 11.5. The van der Waals surface area contributed by atoms with Crippen LogP contribution in [-0.2, 0) is 19.1 Å². The van der Waals surface area contributed by atoms with Gasteiger partial charge < -0.3 is 14.4 Å². The van der Waals surface area contributed by atoms with Crippen molar-refractivity contribution in [3.05, 3.63) is 24.3 Å². The molecular formula is C35H65NO4. The number of allylic oxidation sites excluding steroid dienone is 4. The molecular weight excluding hydrogens is 498 g/mol. The minimum Gasteiger partial charge on any atom is -0.466 e. The minimum absolute atomic E-state index is 0.0369. The first-order valence-corrected chi connectivity index (χ1v) is 16.8. The van der Waals surface area contributed by atoms with E-state index in [1.54, 1.807) is 0 Å². The molecule has 0 aromatic carbocycles. The Morgan fingerprint density at radius 3 is 1.73 bits per heavy atom. The van der Waals surface area contributed by atoms with Crippen LogP contribution in [0.15, 0.2) is 24.3 Å². The highest BCUT2D eigenvalue weighted by Gasteiger charge is 2.14. The molecule has 0 bridgehead atoms. The number of nitrogens with zero attached hydrogens (tertiary/aromatic N) is 1. The molecule has 5 heteroatoms. The molecule has 0 aromatic rings. The van der Waals surface area contributed by atoms with Crippen molar-refractivity contribution in [2.24, 2.45) is 0 Å². The average Bonchev–Trinajstić information content (AvgIpc) is 2.92. The maximum atomic E-state index is 12.4. The van der Waals surface area contributed by atoms with Gasteiger partial charge in [-0.05, 0) is 98.2 Å². The van der Waals surface area contributed by atoms with Gasteiger partial charge in [-0.1, -0.05) is 89.0 Å². The molecule has 0 rings (SSSR count). The largest absolute Gasteiger partial charge is 0.466 e. The lowest BCUT2D eigenvalue weighted by Crippen LogP contribution is -2.20. The summed E-state index contributed by atoms with van der Waals surface area (Å²) < 4.78 is 10.9. The van der Waals surface area contributed by atoms with Crippen molar-refractivity contribution in [1.29, 1.82) is 0 Å². The van der Waals surface area contributed by atoms with Crippen molar-refractivity contribution >= 4 is 11.9 Å². The maximum absolute atomic E-state index is 12.4. The monoisotopic (exact) mass is 563 g/mol. The first-order chi connectivity index (χ1) is 19.5. The number of hydrogen-bond acceptors (Lipinski definition) is 5. The molecule has 0 saturated heterocycles. The van der Waals surface area contributed by atoms with Crippen LogP contribution in [0.25, 0.3) is 0 Å². The molecule has 5 nitrogen and oxygen atoms in total. The van der Waals surface area contributed by atoms with E-state index in [1.807, 2.05) is 21.0 Å². The number of hydrogen-bond donors (Lipinski definition) is 0. The molecule has 1 unspecified atom stereocenters. The van der Waals surface area contributed by atoms with E-state index in [1.165, 1.54) is 70.6 Å². The van der Waals surface area contributed by atoms with Gasteiger partial charge in [0.1, 0.15) is 6.10 Å². The number of carbonyl (C=O) groups is 2. The Kier molecular flexibility index (Phi) is 29.1. The van der Waals surface area contributed by atoms with Crippen LogP contribution in [0.1, 0.15) is 155 Å². The Labute approximate surface area is 248 Å². The molecule has 0 fully saturated rings. The van der Waals surface area contributed by atoms with Crippen molar-refractivity contribution in [3.63, 3.8) is 0 Å². The van der Waals surface area contributed by atoms with E-state index in [0.717, 1.165) is 64.3 Å². The fraction of sp³-hybridized carbons (Fsp3) is 0.829. The lowest BCUT2D eigenvalue weighted by atomic mass is 10.0. The Bertz CT molecular complexity index is 629. The summed E-state index contributed by atoms with van der Waals surface area (Å²) >= 11 is 0. The van der Waals surface area contributed by atoms with Crippen molar-refractivity contribution in [1.82, 2.24) is 4.90 Å². The number of carbonyl (C=O) groups excluding carboxylic acids is 2. The van der Waals surface area contributed by atoms with Gasteiger partial charge >= 0.3 is 11.9 Å². The summed E-state index contributed by atoms with van der Waals surface area (Å²) in [4.78, 5) is 26.0. The van der Waals surface area contributed by atoms with E-state index in [9.17, 15) is 9.59 Å². The molecule has 1 atom stereocenters. The Morgan fingerprint density at radius 2 is 1.15 bits per heavy atom. The highest BCUT2D eigenvalue weighted by Crippen LogP contribution is 2.18. The first kappa shape index (κ1) is 38.4. The van der Waals surface area contributed by atoms with Crippen LogP contribution in [0.4, 0.5) is 0 Å². The van der Waals surface area contributed by atoms with Crippen LogP contribution in [0, 0.1) is 0 Å². The molecule has 0 aliphatic carbocycles. The number of rotatable bonds is 29. The third-order valence-corrected chi connectivity index (χ3v) is 7.22. The summed E-state index contributed by atoms with van der Waals surface area (Å²) in [6.07, 6.45) is 33.4. The topological polar surface area (TPSA) is 55.8 Å². The Morgan fingerprint density at radius 1 is 0.625 bits per heavy atom. The van der Waals surface area contributed by atoms with Crippen molar-refractivity contribution in [2.45, 2.75) is 161 Å². The fourth-order valence-electron chi connectivity index (χ4n) is 4.81. The van der Waals surface area contributed by atoms with Crippen LogP contribution in [0.2, 0.25) is 0 Å². The second-order valence-corrected chi connectivity index (χ2v) is 11.5. The molecule has 234 valence electrons. The van der Waals surface area contributed by atoms with Gasteiger partial charge in [-0.3, -0.25) is 9.59 Å². The van der Waals surface area contributed by atoms with E-state index in [-0.39, 0.29) is 18.0 Å². The molecule has 0 amide bonds. The third-order valence-electron chi connectivity index (χ3n) is 7.22. The summed E-state index contributed by atoms with van der Waals surface area (Å²) in [6, 6.07) is 0. The third kappa shape index (κ3) is 29.4. The van der Waals surface area contributed by atoms with Crippen LogP contribution in [0.5, 0.6) is 0 Å². The lowest BCUT2D eigenvalue weighted by Gasteiger charge is -2.18. The molecule has 0 saturated carbocycles. The first-order valence-electron chi connectivity index (χ1n) is 16.8. The molecule has 0 spiro atoms. The zero-order valence-electron chi connectivity index (χ0n) is 26.9. The predicted octanol–water partition coefficient (Wildman–Crippen LogP) is 9.74. The van der Waals surface area contributed by atoms with Crippen LogP contribution in [-0.4, -0.2) is 50.2 Å². The minimum atomic E-state index is -0.0969. The van der Waals surface area contributed by atoms with Crippen LogP contribution < -0.4 is 0 Å². The van der Waals surface area contributed by atoms with Gasteiger partial charge in [-0.25, -0.2) is 0 Å². The van der Waals surface area contributed by atoms with Gasteiger partial charge in [0.15, 0.2) is 0 Å². The maximum Gasteiger partial charge on any atom is 0.306 e. The predicted molar refractivity (Wildman–Crippen MR) is 171 cm³/mol. The van der Waals surface area contributed by atoms with E-state index in [0.29, 0.717) is 19.4 Å². The van der Waals surface area contributed by atoms with Crippen molar-refractivity contribution in [2.75, 3.05) is 27.2 Å². The van der Waals surface area contributed by atoms with Gasteiger partial charge in [-0.2, -0.15) is 0 Å². The van der Waals surface area contributed by atoms with Crippen LogP contribution in [0.3, 0.4) is 0 Å². The van der Waals surface area contributed by atoms with Crippen molar-refractivity contribution in [3.8, 4) is 0 Å². The van der Waals surface area contributed by atoms with Gasteiger partial charge in [0.2, 0.25) is 0 Å². The molecule has 0 N–H and O–H groups in total. The summed E-state index contributed by atoms with van der Waals surface area (Å²) in [5, 5.41) is 0. The molecule has 0 aromatic heterocycles. The Balaban J connectivity index is 3.99. The van der Waals surface area contributed by atoms with Crippen molar-refractivity contribution < 1.29 is 19.1 Å². The van der Waals surface area contributed by atoms with Gasteiger partial charge in [0.05, 0.1) is 6.61 Å². The van der Waals surface area contributed by atoms with E-state index < -0.39 is 0 Å². The smallest absolute Gasteiger partial charge is 0.306 e. The molecule has 0 radical (unpaired) electrons. The quantitative estimate of drug-likeness (QED) is 0.0515. The zero-order valence-corrected chi connectivity index (χ0v) is 26.9. The SMILES string of the molecule is CCCCCC=CCC=CCCCCCCCCCC(CCCCCCC(=O)OCC)OC(=O)CCCN(C)C. The van der Waals surface area contributed by atoms with E-state index in [4.69, 9.17) is 9.47 Å². The molecule has 0 heterocycles. The van der Waals surface area contributed by atoms with E-state index in [2.05, 4.69) is 36.1 Å². The normalized spacial score (nSPS) is 12.5.